The second-order valence-electron chi connectivity index (χ2n) is 7.49. The number of amides is 2. The maximum atomic E-state index is 13.4. The highest BCUT2D eigenvalue weighted by atomic mass is 127. The zero-order valence-corrected chi connectivity index (χ0v) is 21.3. The lowest BCUT2D eigenvalue weighted by atomic mass is 10.0. The first-order valence-corrected chi connectivity index (χ1v) is 12.2. The molecule has 7 heteroatoms. The van der Waals surface area contributed by atoms with Gasteiger partial charge in [0.15, 0.2) is 6.61 Å². The van der Waals surface area contributed by atoms with E-state index in [0.717, 1.165) is 14.7 Å². The molecule has 3 rings (SSSR count). The highest BCUT2D eigenvalue weighted by Crippen LogP contribution is 2.18. The first-order chi connectivity index (χ1) is 16.0. The molecule has 1 atom stereocenters. The van der Waals surface area contributed by atoms with E-state index in [1.807, 2.05) is 73.7 Å². The van der Waals surface area contributed by atoms with Gasteiger partial charge in [-0.2, -0.15) is 0 Å². The smallest absolute Gasteiger partial charge is 0.261 e. The van der Waals surface area contributed by atoms with Crippen LogP contribution in [0.3, 0.4) is 0 Å². The molecular formula is C26H26ClIN2O3. The molecule has 0 aliphatic heterocycles. The Balaban J connectivity index is 1.87. The van der Waals surface area contributed by atoms with Crippen molar-refractivity contribution in [1.29, 1.82) is 0 Å². The van der Waals surface area contributed by atoms with E-state index in [0.29, 0.717) is 23.7 Å². The summed E-state index contributed by atoms with van der Waals surface area (Å²) in [5.74, 6) is 0.140. The molecule has 33 heavy (non-hydrogen) atoms. The number of hydrogen-bond acceptors (Lipinski definition) is 3. The molecule has 2 amide bonds. The molecule has 0 aliphatic rings. The Hall–Kier alpha value is -2.58. The molecule has 0 aliphatic carbocycles. The Kier molecular flexibility index (Phi) is 9.57. The monoisotopic (exact) mass is 576 g/mol. The largest absolute Gasteiger partial charge is 0.484 e. The predicted octanol–water partition coefficient (Wildman–Crippen LogP) is 5.10. The number of nitrogens with one attached hydrogen (secondary N) is 1. The number of likely N-dealkylation sites (N-methyl/N-ethyl adjacent to an activating group) is 1. The standard InChI is InChI=1S/C26H26ClIN2O3/c1-2-29-26(32)24(16-19-6-4-3-5-7-19)30(17-20-8-10-21(27)11-9-20)25(31)18-33-23-14-12-22(28)13-15-23/h3-15,24H,2,16-18H2,1H3,(H,29,32). The number of carbonyl (C=O) groups excluding carboxylic acids is 2. The minimum absolute atomic E-state index is 0.168. The summed E-state index contributed by atoms with van der Waals surface area (Å²) in [5.41, 5.74) is 1.85. The zero-order valence-electron chi connectivity index (χ0n) is 18.3. The third kappa shape index (κ3) is 7.75. The van der Waals surface area contributed by atoms with Crippen LogP contribution in [0.4, 0.5) is 0 Å². The third-order valence-corrected chi connectivity index (χ3v) is 6.04. The van der Waals surface area contributed by atoms with Gasteiger partial charge in [-0.3, -0.25) is 9.59 Å². The van der Waals surface area contributed by atoms with Crippen molar-refractivity contribution >= 4 is 46.0 Å². The third-order valence-electron chi connectivity index (χ3n) is 5.06. The van der Waals surface area contributed by atoms with Crippen LogP contribution >= 0.6 is 34.2 Å². The Morgan fingerprint density at radius 3 is 2.27 bits per heavy atom. The Morgan fingerprint density at radius 2 is 1.64 bits per heavy atom. The van der Waals surface area contributed by atoms with Crippen molar-refractivity contribution in [1.82, 2.24) is 10.2 Å². The molecule has 0 aromatic heterocycles. The van der Waals surface area contributed by atoms with E-state index in [4.69, 9.17) is 16.3 Å². The number of rotatable bonds is 10. The summed E-state index contributed by atoms with van der Waals surface area (Å²) in [7, 11) is 0. The fourth-order valence-electron chi connectivity index (χ4n) is 3.39. The van der Waals surface area contributed by atoms with Gasteiger partial charge in [0.2, 0.25) is 5.91 Å². The molecule has 0 fully saturated rings. The van der Waals surface area contributed by atoms with Gasteiger partial charge in [-0.25, -0.2) is 0 Å². The van der Waals surface area contributed by atoms with Crippen molar-refractivity contribution in [3.63, 3.8) is 0 Å². The molecule has 0 saturated heterocycles. The van der Waals surface area contributed by atoms with Crippen LogP contribution in [0.25, 0.3) is 0 Å². The van der Waals surface area contributed by atoms with Crippen molar-refractivity contribution in [2.45, 2.75) is 25.9 Å². The van der Waals surface area contributed by atoms with Crippen LogP contribution in [-0.4, -0.2) is 35.9 Å². The highest BCUT2D eigenvalue weighted by Gasteiger charge is 2.30. The Morgan fingerprint density at radius 1 is 0.970 bits per heavy atom. The molecule has 0 bridgehead atoms. The molecule has 3 aromatic rings. The van der Waals surface area contributed by atoms with Crippen molar-refractivity contribution in [3.8, 4) is 5.75 Å². The zero-order chi connectivity index (χ0) is 23.6. The molecule has 5 nitrogen and oxygen atoms in total. The van der Waals surface area contributed by atoms with Gasteiger partial charge < -0.3 is 15.0 Å². The van der Waals surface area contributed by atoms with Gasteiger partial charge in [0.25, 0.3) is 5.91 Å². The lowest BCUT2D eigenvalue weighted by Gasteiger charge is -2.31. The topological polar surface area (TPSA) is 58.6 Å². The average molecular weight is 577 g/mol. The van der Waals surface area contributed by atoms with Crippen LogP contribution < -0.4 is 10.1 Å². The summed E-state index contributed by atoms with van der Waals surface area (Å²) in [4.78, 5) is 28.1. The van der Waals surface area contributed by atoms with Crippen molar-refractivity contribution in [2.24, 2.45) is 0 Å². The summed E-state index contributed by atoms with van der Waals surface area (Å²) < 4.78 is 6.83. The Labute approximate surface area is 213 Å². The van der Waals surface area contributed by atoms with Crippen LogP contribution in [0.1, 0.15) is 18.1 Å². The fourth-order valence-corrected chi connectivity index (χ4v) is 3.88. The minimum atomic E-state index is -0.684. The van der Waals surface area contributed by atoms with Crippen LogP contribution in [0, 0.1) is 3.57 Å². The van der Waals surface area contributed by atoms with Crippen LogP contribution in [0.5, 0.6) is 5.75 Å². The molecule has 0 radical (unpaired) electrons. The molecule has 1 unspecified atom stereocenters. The Bertz CT molecular complexity index is 1040. The summed E-state index contributed by atoms with van der Waals surface area (Å²) in [6.45, 7) is 2.44. The first kappa shape index (κ1) is 25.1. The summed E-state index contributed by atoms with van der Waals surface area (Å²) >= 11 is 8.25. The second kappa shape index (κ2) is 12.6. The molecular weight excluding hydrogens is 551 g/mol. The van der Waals surface area contributed by atoms with Gasteiger partial charge >= 0.3 is 0 Å². The van der Waals surface area contributed by atoms with Crippen LogP contribution in [0.15, 0.2) is 78.9 Å². The van der Waals surface area contributed by atoms with Crippen molar-refractivity contribution < 1.29 is 14.3 Å². The normalized spacial score (nSPS) is 11.5. The maximum absolute atomic E-state index is 13.4. The van der Waals surface area contributed by atoms with E-state index in [9.17, 15) is 9.59 Å². The lowest BCUT2D eigenvalue weighted by Crippen LogP contribution is -2.51. The summed E-state index contributed by atoms with van der Waals surface area (Å²) in [6.07, 6.45) is 0.398. The average Bonchev–Trinajstić information content (AvgIpc) is 2.82. The van der Waals surface area contributed by atoms with Gasteiger partial charge in [-0.05, 0) is 77.0 Å². The van der Waals surface area contributed by atoms with Gasteiger partial charge in [0.05, 0.1) is 0 Å². The minimum Gasteiger partial charge on any atom is -0.484 e. The van der Waals surface area contributed by atoms with E-state index in [2.05, 4.69) is 27.9 Å². The van der Waals surface area contributed by atoms with Crippen LogP contribution in [-0.2, 0) is 22.6 Å². The van der Waals surface area contributed by atoms with E-state index in [-0.39, 0.29) is 25.0 Å². The quantitative estimate of drug-likeness (QED) is 0.342. The second-order valence-corrected chi connectivity index (χ2v) is 9.17. The number of carbonyl (C=O) groups is 2. The van der Waals surface area contributed by atoms with Crippen molar-refractivity contribution in [2.75, 3.05) is 13.2 Å². The van der Waals surface area contributed by atoms with E-state index in [1.54, 1.807) is 17.0 Å². The molecule has 0 heterocycles. The van der Waals surface area contributed by atoms with E-state index < -0.39 is 6.04 Å². The van der Waals surface area contributed by atoms with Gasteiger partial charge in [0.1, 0.15) is 11.8 Å². The molecule has 3 aromatic carbocycles. The number of hydrogen-bond donors (Lipinski definition) is 1. The molecule has 172 valence electrons. The number of benzene rings is 3. The maximum Gasteiger partial charge on any atom is 0.261 e. The number of nitrogens with zero attached hydrogens (tertiary/aromatic N) is 1. The first-order valence-electron chi connectivity index (χ1n) is 10.7. The molecule has 1 N–H and O–H groups in total. The predicted molar refractivity (Wildman–Crippen MR) is 139 cm³/mol. The van der Waals surface area contributed by atoms with Gasteiger partial charge in [-0.15, -0.1) is 0 Å². The molecule has 0 saturated carbocycles. The number of halogens is 2. The van der Waals surface area contributed by atoms with Crippen molar-refractivity contribution in [3.05, 3.63) is 98.6 Å². The van der Waals surface area contributed by atoms with Gasteiger partial charge in [-0.1, -0.05) is 54.1 Å². The summed E-state index contributed by atoms with van der Waals surface area (Å²) in [6, 6.07) is 23.8. The van der Waals surface area contributed by atoms with E-state index >= 15 is 0 Å². The highest BCUT2D eigenvalue weighted by molar-refractivity contribution is 14.1. The van der Waals surface area contributed by atoms with E-state index in [1.165, 1.54) is 0 Å². The van der Waals surface area contributed by atoms with Crippen LogP contribution in [0.2, 0.25) is 5.02 Å². The fraction of sp³-hybridized carbons (Fsp3) is 0.231. The molecule has 0 spiro atoms. The SMILES string of the molecule is CCNC(=O)C(Cc1ccccc1)N(Cc1ccc(Cl)cc1)C(=O)COc1ccc(I)cc1. The lowest BCUT2D eigenvalue weighted by molar-refractivity contribution is -0.142. The van der Waals surface area contributed by atoms with Gasteiger partial charge in [0, 0.05) is 28.1 Å². The summed E-state index contributed by atoms with van der Waals surface area (Å²) in [5, 5.41) is 3.49. The number of ether oxygens (including phenoxy) is 1.